The first-order valence-corrected chi connectivity index (χ1v) is 17.0. The summed E-state index contributed by atoms with van der Waals surface area (Å²) in [4.78, 5) is 10.2. The van der Waals surface area contributed by atoms with E-state index in [1.54, 1.807) is 0 Å². The van der Waals surface area contributed by atoms with Gasteiger partial charge in [0.1, 0.15) is 5.82 Å². The number of thiophene rings is 1. The first kappa shape index (κ1) is 27.1. The van der Waals surface area contributed by atoms with E-state index in [2.05, 4.69) is 156 Å². The summed E-state index contributed by atoms with van der Waals surface area (Å²) < 4.78 is 4.88. The fourth-order valence-electron chi connectivity index (χ4n) is 7.17. The van der Waals surface area contributed by atoms with Crippen LogP contribution in [0.3, 0.4) is 0 Å². The molecular weight excluding hydrogens is 603 g/mol. The van der Waals surface area contributed by atoms with Crippen LogP contribution in [-0.4, -0.2) is 14.5 Å². The van der Waals surface area contributed by atoms with Crippen LogP contribution in [0.5, 0.6) is 0 Å². The topological polar surface area (TPSA) is 30.7 Å². The molecule has 0 N–H and O–H groups in total. The highest BCUT2D eigenvalue weighted by Crippen LogP contribution is 2.43. The molecule has 0 amide bonds. The summed E-state index contributed by atoms with van der Waals surface area (Å²) in [6, 6.07) is 58.2. The van der Waals surface area contributed by atoms with Crippen LogP contribution in [-0.2, 0) is 0 Å². The molecule has 10 aromatic rings. The van der Waals surface area contributed by atoms with E-state index in [-0.39, 0.29) is 0 Å². The molecule has 3 aromatic heterocycles. The molecule has 0 atom stereocenters. The van der Waals surface area contributed by atoms with Crippen LogP contribution in [0, 0.1) is 0 Å². The van der Waals surface area contributed by atoms with Crippen LogP contribution in [0.15, 0.2) is 164 Å². The molecule has 224 valence electrons. The molecule has 0 saturated heterocycles. The van der Waals surface area contributed by atoms with Crippen molar-refractivity contribution in [1.82, 2.24) is 14.5 Å². The fraction of sp³-hybridized carbons (Fsp3) is 0. The SMILES string of the molecule is c1ccc(-c2nc3ccccc3n2-c2ccc(-c3ccc(-c4nc5ccccc5c5c4ccc4sc6ccccc6c45)cc3)cc2)cc1. The lowest BCUT2D eigenvalue weighted by Crippen LogP contribution is -1.97. The van der Waals surface area contributed by atoms with E-state index in [4.69, 9.17) is 9.97 Å². The highest BCUT2D eigenvalue weighted by Gasteiger charge is 2.17. The summed E-state index contributed by atoms with van der Waals surface area (Å²) in [7, 11) is 0. The van der Waals surface area contributed by atoms with Gasteiger partial charge in [0.25, 0.3) is 0 Å². The molecule has 10 rings (SSSR count). The Morgan fingerprint density at radius 1 is 0.396 bits per heavy atom. The lowest BCUT2D eigenvalue weighted by molar-refractivity contribution is 1.10. The Hall–Kier alpha value is -6.10. The third-order valence-corrected chi connectivity index (χ3v) is 10.6. The van der Waals surface area contributed by atoms with Crippen molar-refractivity contribution in [3.05, 3.63) is 164 Å². The first-order chi connectivity index (χ1) is 23.8. The number of para-hydroxylation sites is 3. The first-order valence-electron chi connectivity index (χ1n) is 16.2. The summed E-state index contributed by atoms with van der Waals surface area (Å²) in [5, 5.41) is 6.30. The second kappa shape index (κ2) is 10.7. The summed E-state index contributed by atoms with van der Waals surface area (Å²) >= 11 is 1.86. The van der Waals surface area contributed by atoms with E-state index in [9.17, 15) is 0 Å². The van der Waals surface area contributed by atoms with Crippen LogP contribution >= 0.6 is 11.3 Å². The molecule has 0 bridgehead atoms. The van der Waals surface area contributed by atoms with Gasteiger partial charge in [0, 0.05) is 53.1 Å². The molecule has 0 spiro atoms. The van der Waals surface area contributed by atoms with Crippen molar-refractivity contribution < 1.29 is 0 Å². The van der Waals surface area contributed by atoms with Gasteiger partial charge in [-0.05, 0) is 53.6 Å². The van der Waals surface area contributed by atoms with Crippen LogP contribution in [0.25, 0.3) is 92.3 Å². The average molecular weight is 630 g/mol. The molecule has 3 heterocycles. The van der Waals surface area contributed by atoms with Crippen molar-refractivity contribution in [2.45, 2.75) is 0 Å². The Balaban J connectivity index is 1.07. The number of hydrogen-bond donors (Lipinski definition) is 0. The monoisotopic (exact) mass is 629 g/mol. The summed E-state index contributed by atoms with van der Waals surface area (Å²) in [5.41, 5.74) is 9.74. The number of fused-ring (bicyclic) bond motifs is 8. The summed E-state index contributed by atoms with van der Waals surface area (Å²) in [5.74, 6) is 0.941. The van der Waals surface area contributed by atoms with Crippen LogP contribution in [0.1, 0.15) is 0 Å². The van der Waals surface area contributed by atoms with Gasteiger partial charge in [-0.2, -0.15) is 0 Å². The molecule has 48 heavy (non-hydrogen) atoms. The van der Waals surface area contributed by atoms with Gasteiger partial charge in [0.05, 0.1) is 22.2 Å². The number of pyridine rings is 1. The van der Waals surface area contributed by atoms with Gasteiger partial charge in [-0.1, -0.05) is 121 Å². The molecule has 3 nitrogen and oxygen atoms in total. The third-order valence-electron chi connectivity index (χ3n) is 9.41. The Morgan fingerprint density at radius 2 is 1.04 bits per heavy atom. The van der Waals surface area contributed by atoms with Crippen molar-refractivity contribution >= 4 is 64.2 Å². The van der Waals surface area contributed by atoms with Gasteiger partial charge >= 0.3 is 0 Å². The molecule has 0 radical (unpaired) electrons. The Labute approximate surface area is 281 Å². The maximum atomic E-state index is 5.24. The second-order valence-electron chi connectivity index (χ2n) is 12.2. The molecule has 0 saturated carbocycles. The highest BCUT2D eigenvalue weighted by molar-refractivity contribution is 7.26. The van der Waals surface area contributed by atoms with Crippen LogP contribution in [0.2, 0.25) is 0 Å². The number of nitrogens with zero attached hydrogens (tertiary/aromatic N) is 3. The molecule has 0 unspecified atom stereocenters. The van der Waals surface area contributed by atoms with Crippen molar-refractivity contribution in [3.8, 4) is 39.5 Å². The Kier molecular flexibility index (Phi) is 6.05. The largest absolute Gasteiger partial charge is 0.292 e. The molecule has 7 aromatic carbocycles. The van der Waals surface area contributed by atoms with Crippen molar-refractivity contribution in [2.24, 2.45) is 0 Å². The van der Waals surface area contributed by atoms with Crippen molar-refractivity contribution in [2.75, 3.05) is 0 Å². The Bertz CT molecular complexity index is 2810. The zero-order valence-corrected chi connectivity index (χ0v) is 26.7. The standard InChI is InChI=1S/C44H27N3S/c1-2-10-31(11-3-1)44-46-37-15-7-8-16-38(37)47(44)32-24-22-29(23-25-32)28-18-20-30(21-19-28)43-35-26-27-40-42(34-13-5-9-17-39(34)48-40)41(35)33-12-4-6-14-36(33)45-43/h1-27H. The fourth-order valence-corrected chi connectivity index (χ4v) is 8.28. The van der Waals surface area contributed by atoms with Gasteiger partial charge in [-0.3, -0.25) is 4.57 Å². The van der Waals surface area contributed by atoms with E-state index >= 15 is 0 Å². The minimum atomic E-state index is 0.941. The number of hydrogen-bond acceptors (Lipinski definition) is 3. The average Bonchev–Trinajstić information content (AvgIpc) is 3.74. The predicted octanol–water partition coefficient (Wildman–Crippen LogP) is 12.1. The maximum absolute atomic E-state index is 5.24. The minimum absolute atomic E-state index is 0.941. The molecule has 0 aliphatic carbocycles. The van der Waals surface area contributed by atoms with E-state index < -0.39 is 0 Å². The van der Waals surface area contributed by atoms with Gasteiger partial charge in [-0.25, -0.2) is 9.97 Å². The molecule has 0 aliphatic rings. The van der Waals surface area contributed by atoms with Crippen molar-refractivity contribution in [1.29, 1.82) is 0 Å². The molecular formula is C44H27N3S. The zero-order chi connectivity index (χ0) is 31.6. The molecule has 0 aliphatic heterocycles. The molecule has 0 fully saturated rings. The smallest absolute Gasteiger partial charge is 0.145 e. The normalized spacial score (nSPS) is 11.8. The van der Waals surface area contributed by atoms with Crippen LogP contribution in [0.4, 0.5) is 0 Å². The van der Waals surface area contributed by atoms with Crippen molar-refractivity contribution in [3.63, 3.8) is 0 Å². The van der Waals surface area contributed by atoms with E-state index in [1.165, 1.54) is 47.5 Å². The van der Waals surface area contributed by atoms with E-state index in [1.807, 2.05) is 23.5 Å². The highest BCUT2D eigenvalue weighted by atomic mass is 32.1. The number of benzene rings is 7. The zero-order valence-electron chi connectivity index (χ0n) is 25.8. The Morgan fingerprint density at radius 3 is 1.85 bits per heavy atom. The van der Waals surface area contributed by atoms with Gasteiger partial charge in [0.15, 0.2) is 0 Å². The van der Waals surface area contributed by atoms with E-state index in [0.717, 1.165) is 44.9 Å². The second-order valence-corrected chi connectivity index (χ2v) is 13.3. The van der Waals surface area contributed by atoms with Crippen LogP contribution < -0.4 is 0 Å². The molecule has 4 heteroatoms. The van der Waals surface area contributed by atoms with Gasteiger partial charge in [-0.15, -0.1) is 11.3 Å². The van der Waals surface area contributed by atoms with Gasteiger partial charge in [0.2, 0.25) is 0 Å². The third kappa shape index (κ3) is 4.20. The number of imidazole rings is 1. The van der Waals surface area contributed by atoms with Gasteiger partial charge < -0.3 is 0 Å². The summed E-state index contributed by atoms with van der Waals surface area (Å²) in [6.07, 6.45) is 0. The minimum Gasteiger partial charge on any atom is -0.292 e. The summed E-state index contributed by atoms with van der Waals surface area (Å²) in [6.45, 7) is 0. The van der Waals surface area contributed by atoms with E-state index in [0.29, 0.717) is 0 Å². The lowest BCUT2D eigenvalue weighted by Gasteiger charge is -2.13. The quantitative estimate of drug-likeness (QED) is 0.181. The number of rotatable bonds is 4. The predicted molar refractivity (Wildman–Crippen MR) is 203 cm³/mol. The number of aromatic nitrogens is 3. The lowest BCUT2D eigenvalue weighted by atomic mass is 9.95. The maximum Gasteiger partial charge on any atom is 0.145 e.